The molecule has 0 saturated carbocycles. The summed E-state index contributed by atoms with van der Waals surface area (Å²) in [7, 11) is 0. The van der Waals surface area contributed by atoms with Gasteiger partial charge < -0.3 is 5.32 Å². The van der Waals surface area contributed by atoms with Gasteiger partial charge >= 0.3 is 0 Å². The Hall–Kier alpha value is -0.840. The molecule has 0 spiro atoms. The summed E-state index contributed by atoms with van der Waals surface area (Å²) in [6, 6.07) is 3.05. The molecule has 21 heavy (non-hydrogen) atoms. The second kappa shape index (κ2) is 6.95. The van der Waals surface area contributed by atoms with Crippen LogP contribution in [-0.4, -0.2) is 41.0 Å². The first-order valence-corrected chi connectivity index (χ1v) is 8.00. The van der Waals surface area contributed by atoms with Crippen LogP contribution >= 0.6 is 23.2 Å². The molecule has 0 aromatic carbocycles. The molecule has 1 saturated heterocycles. The largest absolute Gasteiger partial charge is 0.350 e. The summed E-state index contributed by atoms with van der Waals surface area (Å²) >= 11 is 11.6. The number of hydrogen-bond donors (Lipinski definition) is 1. The van der Waals surface area contributed by atoms with Crippen molar-refractivity contribution in [2.45, 2.75) is 38.6 Å². The first kappa shape index (κ1) is 16.5. The number of halogens is 2. The van der Waals surface area contributed by atoms with Crippen molar-refractivity contribution in [1.29, 1.82) is 0 Å². The lowest BCUT2D eigenvalue weighted by molar-refractivity contribution is 0.0797. The normalized spacial score (nSPS) is 16.8. The van der Waals surface area contributed by atoms with E-state index in [0.717, 1.165) is 13.1 Å². The van der Waals surface area contributed by atoms with Crippen molar-refractivity contribution in [3.8, 4) is 0 Å². The van der Waals surface area contributed by atoms with E-state index in [9.17, 15) is 4.79 Å². The van der Waals surface area contributed by atoms with Gasteiger partial charge in [-0.2, -0.15) is 0 Å². The molecule has 0 unspecified atom stereocenters. The van der Waals surface area contributed by atoms with Crippen LogP contribution in [0.4, 0.5) is 0 Å². The molecule has 1 aliphatic heterocycles. The lowest BCUT2D eigenvalue weighted by Gasteiger charge is -2.41. The zero-order valence-electron chi connectivity index (χ0n) is 12.5. The summed E-state index contributed by atoms with van der Waals surface area (Å²) in [4.78, 5) is 18.5. The highest BCUT2D eigenvalue weighted by atomic mass is 35.5. The fraction of sp³-hybridized carbons (Fsp3) is 0.600. The van der Waals surface area contributed by atoms with E-state index in [1.54, 1.807) is 0 Å². The summed E-state index contributed by atoms with van der Waals surface area (Å²) in [6.07, 6.45) is 3.76. The number of nitrogens with one attached hydrogen (secondary N) is 1. The number of piperidine rings is 1. The van der Waals surface area contributed by atoms with E-state index in [4.69, 9.17) is 23.2 Å². The maximum Gasteiger partial charge on any atom is 0.251 e. The Kier molecular flexibility index (Phi) is 5.47. The van der Waals surface area contributed by atoms with Crippen LogP contribution in [0.1, 0.15) is 43.5 Å². The third-order valence-electron chi connectivity index (χ3n) is 3.92. The number of carbonyl (C=O) groups is 1. The molecular weight excluding hydrogens is 309 g/mol. The van der Waals surface area contributed by atoms with Gasteiger partial charge in [-0.15, -0.1) is 0 Å². The summed E-state index contributed by atoms with van der Waals surface area (Å²) in [5, 5.41) is 3.42. The maximum absolute atomic E-state index is 12.2. The molecule has 6 heteroatoms. The zero-order chi connectivity index (χ0) is 15.5. The van der Waals surface area contributed by atoms with E-state index < -0.39 is 0 Å². The van der Waals surface area contributed by atoms with Gasteiger partial charge in [-0.1, -0.05) is 29.6 Å². The van der Waals surface area contributed by atoms with Gasteiger partial charge in [-0.3, -0.25) is 9.69 Å². The van der Waals surface area contributed by atoms with Crippen LogP contribution in [0.3, 0.4) is 0 Å². The number of likely N-dealkylation sites (tertiary alicyclic amines) is 1. The standard InChI is InChI=1S/C15H21Cl2N3O/c1-15(2,20-6-4-3-5-7-20)10-18-14(21)11-8-12(16)19-13(17)9-11/h8-9H,3-7,10H2,1-2H3,(H,18,21). The maximum atomic E-state index is 12.2. The summed E-state index contributed by atoms with van der Waals surface area (Å²) in [5.74, 6) is -0.175. The lowest BCUT2D eigenvalue weighted by atomic mass is 9.98. The molecule has 0 aliphatic carbocycles. The van der Waals surface area contributed by atoms with Gasteiger partial charge in [-0.25, -0.2) is 4.98 Å². The van der Waals surface area contributed by atoms with Crippen molar-refractivity contribution in [3.05, 3.63) is 28.0 Å². The van der Waals surface area contributed by atoms with Crippen molar-refractivity contribution in [3.63, 3.8) is 0 Å². The third-order valence-corrected chi connectivity index (χ3v) is 4.31. The molecule has 0 radical (unpaired) electrons. The second-order valence-electron chi connectivity index (χ2n) is 6.04. The van der Waals surface area contributed by atoms with E-state index >= 15 is 0 Å². The molecular formula is C15H21Cl2N3O. The highest BCUT2D eigenvalue weighted by Gasteiger charge is 2.28. The smallest absolute Gasteiger partial charge is 0.251 e. The number of amides is 1. The first-order chi connectivity index (χ1) is 9.88. The van der Waals surface area contributed by atoms with Crippen molar-refractivity contribution in [2.24, 2.45) is 0 Å². The second-order valence-corrected chi connectivity index (χ2v) is 6.82. The van der Waals surface area contributed by atoms with Crippen LogP contribution in [0, 0.1) is 0 Å². The minimum Gasteiger partial charge on any atom is -0.350 e. The summed E-state index contributed by atoms with van der Waals surface area (Å²) < 4.78 is 0. The summed E-state index contributed by atoms with van der Waals surface area (Å²) in [6.45, 7) is 7.09. The Morgan fingerprint density at radius 3 is 2.38 bits per heavy atom. The zero-order valence-corrected chi connectivity index (χ0v) is 14.0. The average Bonchev–Trinajstić information content (AvgIpc) is 2.45. The van der Waals surface area contributed by atoms with Crippen LogP contribution in [0.2, 0.25) is 10.3 Å². The van der Waals surface area contributed by atoms with Crippen LogP contribution in [0.25, 0.3) is 0 Å². The first-order valence-electron chi connectivity index (χ1n) is 7.25. The van der Waals surface area contributed by atoms with Crippen LogP contribution < -0.4 is 5.32 Å². The molecule has 1 aliphatic rings. The van der Waals surface area contributed by atoms with Gasteiger partial charge in [0.15, 0.2) is 0 Å². The minimum atomic E-state index is -0.175. The van der Waals surface area contributed by atoms with E-state index in [0.29, 0.717) is 12.1 Å². The van der Waals surface area contributed by atoms with E-state index in [1.807, 2.05) is 0 Å². The van der Waals surface area contributed by atoms with E-state index in [-0.39, 0.29) is 21.8 Å². The predicted molar refractivity (Wildman–Crippen MR) is 86.1 cm³/mol. The molecule has 116 valence electrons. The van der Waals surface area contributed by atoms with E-state index in [2.05, 4.69) is 29.0 Å². The topological polar surface area (TPSA) is 45.2 Å². The fourth-order valence-electron chi connectivity index (χ4n) is 2.61. The number of pyridine rings is 1. The van der Waals surface area contributed by atoms with Crippen molar-refractivity contribution < 1.29 is 4.79 Å². The van der Waals surface area contributed by atoms with Gasteiger partial charge in [-0.05, 0) is 51.9 Å². The molecule has 1 aromatic heterocycles. The Morgan fingerprint density at radius 2 is 1.81 bits per heavy atom. The Bertz CT molecular complexity index is 493. The number of aromatic nitrogens is 1. The molecule has 0 atom stereocenters. The highest BCUT2D eigenvalue weighted by Crippen LogP contribution is 2.20. The molecule has 2 rings (SSSR count). The van der Waals surface area contributed by atoms with E-state index in [1.165, 1.54) is 31.4 Å². The molecule has 1 N–H and O–H groups in total. The van der Waals surface area contributed by atoms with Gasteiger partial charge in [0.2, 0.25) is 0 Å². The van der Waals surface area contributed by atoms with Crippen molar-refractivity contribution in [1.82, 2.24) is 15.2 Å². The molecule has 0 bridgehead atoms. The van der Waals surface area contributed by atoms with Gasteiger partial charge in [0, 0.05) is 17.6 Å². The molecule has 1 aromatic rings. The molecule has 1 amide bonds. The van der Waals surface area contributed by atoms with Crippen molar-refractivity contribution >= 4 is 29.1 Å². The van der Waals surface area contributed by atoms with Crippen LogP contribution in [0.15, 0.2) is 12.1 Å². The van der Waals surface area contributed by atoms with Gasteiger partial charge in [0.05, 0.1) is 0 Å². The Morgan fingerprint density at radius 1 is 1.24 bits per heavy atom. The Labute approximate surface area is 135 Å². The minimum absolute atomic E-state index is 0.0588. The quantitative estimate of drug-likeness (QED) is 0.861. The van der Waals surface area contributed by atoms with Gasteiger partial charge in [0.25, 0.3) is 5.91 Å². The third kappa shape index (κ3) is 4.56. The molecule has 4 nitrogen and oxygen atoms in total. The molecule has 2 heterocycles. The lowest BCUT2D eigenvalue weighted by Crippen LogP contribution is -2.53. The predicted octanol–water partition coefficient (Wildman–Crippen LogP) is 3.38. The monoisotopic (exact) mass is 329 g/mol. The SMILES string of the molecule is CC(C)(CNC(=O)c1cc(Cl)nc(Cl)c1)N1CCCCC1. The molecule has 1 fully saturated rings. The van der Waals surface area contributed by atoms with Crippen LogP contribution in [-0.2, 0) is 0 Å². The van der Waals surface area contributed by atoms with Gasteiger partial charge in [0.1, 0.15) is 10.3 Å². The fourth-order valence-corrected chi connectivity index (χ4v) is 3.07. The highest BCUT2D eigenvalue weighted by molar-refractivity contribution is 6.33. The van der Waals surface area contributed by atoms with Crippen LogP contribution in [0.5, 0.6) is 0 Å². The number of nitrogens with zero attached hydrogens (tertiary/aromatic N) is 2. The number of rotatable bonds is 4. The Balaban J connectivity index is 1.96. The summed E-state index contributed by atoms with van der Waals surface area (Å²) in [5.41, 5.74) is 0.380. The number of hydrogen-bond acceptors (Lipinski definition) is 3. The average molecular weight is 330 g/mol. The number of carbonyl (C=O) groups excluding carboxylic acids is 1. The van der Waals surface area contributed by atoms with Crippen molar-refractivity contribution in [2.75, 3.05) is 19.6 Å².